The number of nitrogens with zero attached hydrogens (tertiary/aromatic N) is 2. The van der Waals surface area contributed by atoms with Crippen molar-refractivity contribution in [1.82, 2.24) is 15.1 Å². The fourth-order valence-corrected chi connectivity index (χ4v) is 4.12. The molecular formula is C30H63N3O15. The van der Waals surface area contributed by atoms with Crippen LogP contribution in [-0.2, 0) is 33.2 Å². The highest BCUT2D eigenvalue weighted by Crippen LogP contribution is 2.10. The van der Waals surface area contributed by atoms with Gasteiger partial charge in [-0.25, -0.2) is 0 Å². The number of amides is 1. The van der Waals surface area contributed by atoms with Gasteiger partial charge in [-0.05, 0) is 26.9 Å². The highest BCUT2D eigenvalue weighted by atomic mass is 16.6. The number of likely N-dealkylation sites (N-methyl/N-ethyl adjacent to an activating group) is 1. The van der Waals surface area contributed by atoms with Crippen molar-refractivity contribution in [3.8, 4) is 0 Å². The molecule has 0 radical (unpaired) electrons. The summed E-state index contributed by atoms with van der Waals surface area (Å²) in [5.74, 6) is -0.0452. The van der Waals surface area contributed by atoms with Gasteiger partial charge in [-0.3, -0.25) is 9.69 Å². The smallest absolute Gasteiger partial charge is 0.234 e. The number of aliphatic hydroxyl groups excluding tert-OH is 8. The highest BCUT2D eigenvalue weighted by molar-refractivity contribution is 5.77. The molecule has 1 amide bonds. The third-order valence-electron chi connectivity index (χ3n) is 6.76. The van der Waals surface area contributed by atoms with Gasteiger partial charge in [0.15, 0.2) is 0 Å². The molecule has 0 aliphatic rings. The van der Waals surface area contributed by atoms with Crippen LogP contribution in [0.4, 0.5) is 0 Å². The maximum absolute atomic E-state index is 11.5. The molecule has 0 aliphatic heterocycles. The van der Waals surface area contributed by atoms with Crippen molar-refractivity contribution in [3.63, 3.8) is 0 Å². The second kappa shape index (κ2) is 31.8. The number of hydrogen-bond donors (Lipinski definition) is 9. The van der Waals surface area contributed by atoms with Gasteiger partial charge in [-0.2, -0.15) is 0 Å². The van der Waals surface area contributed by atoms with Crippen LogP contribution < -0.4 is 5.32 Å². The number of carbonyl (C=O) groups is 1. The summed E-state index contributed by atoms with van der Waals surface area (Å²) in [5, 5.41) is 81.4. The molecule has 0 heterocycles. The molecule has 6 unspecified atom stereocenters. The normalized spacial score (nSPS) is 15.8. The zero-order valence-corrected chi connectivity index (χ0v) is 28.6. The van der Waals surface area contributed by atoms with E-state index in [2.05, 4.69) is 5.32 Å². The number of hydrogen-bond acceptors (Lipinski definition) is 17. The molecule has 0 aromatic rings. The lowest BCUT2D eigenvalue weighted by atomic mass is 10.0. The Morgan fingerprint density at radius 3 is 1.27 bits per heavy atom. The van der Waals surface area contributed by atoms with Gasteiger partial charge in [0, 0.05) is 39.4 Å². The molecule has 18 nitrogen and oxygen atoms in total. The molecule has 48 heavy (non-hydrogen) atoms. The summed E-state index contributed by atoms with van der Waals surface area (Å²) in [5.41, 5.74) is 0. The Morgan fingerprint density at radius 2 is 0.917 bits per heavy atom. The summed E-state index contributed by atoms with van der Waals surface area (Å²) < 4.78 is 32.7. The molecule has 0 fully saturated rings. The van der Waals surface area contributed by atoms with Crippen molar-refractivity contribution in [3.05, 3.63) is 0 Å². The van der Waals surface area contributed by atoms with Crippen molar-refractivity contribution < 1.29 is 74.1 Å². The lowest BCUT2D eigenvalue weighted by Crippen LogP contribution is -2.50. The topological polar surface area (TPSA) is 253 Å². The largest absolute Gasteiger partial charge is 0.396 e. The van der Waals surface area contributed by atoms with Gasteiger partial charge in [-0.1, -0.05) is 0 Å². The molecule has 0 aliphatic carbocycles. The average molecular weight is 706 g/mol. The van der Waals surface area contributed by atoms with Crippen molar-refractivity contribution in [2.24, 2.45) is 0 Å². The molecule has 0 saturated carbocycles. The molecular weight excluding hydrogens is 642 g/mol. The summed E-state index contributed by atoms with van der Waals surface area (Å²) in [6, 6.07) is 0. The van der Waals surface area contributed by atoms with Crippen LogP contribution in [0.1, 0.15) is 12.8 Å². The van der Waals surface area contributed by atoms with Crippen molar-refractivity contribution in [2.45, 2.75) is 49.5 Å². The van der Waals surface area contributed by atoms with Crippen LogP contribution in [-0.4, -0.2) is 232 Å². The molecule has 18 heteroatoms. The van der Waals surface area contributed by atoms with Crippen LogP contribution in [0.2, 0.25) is 0 Å². The maximum Gasteiger partial charge on any atom is 0.234 e. The average Bonchev–Trinajstić information content (AvgIpc) is 3.04. The molecule has 6 atom stereocenters. The Labute approximate surface area is 284 Å². The Kier molecular flexibility index (Phi) is 31.0. The first-order chi connectivity index (χ1) is 23.0. The number of nitrogens with one attached hydrogen (secondary N) is 1. The van der Waals surface area contributed by atoms with Gasteiger partial charge < -0.3 is 79.5 Å². The lowest BCUT2D eigenvalue weighted by Gasteiger charge is -2.32. The molecule has 0 saturated heterocycles. The first-order valence-electron chi connectivity index (χ1n) is 16.4. The predicted octanol–water partition coefficient (Wildman–Crippen LogP) is -5.00. The first-order valence-corrected chi connectivity index (χ1v) is 16.4. The van der Waals surface area contributed by atoms with Crippen molar-refractivity contribution >= 4 is 5.91 Å². The molecule has 0 spiro atoms. The number of rotatable bonds is 35. The molecule has 0 bridgehead atoms. The number of carbonyl (C=O) groups excluding carboxylic acids is 1. The van der Waals surface area contributed by atoms with Gasteiger partial charge >= 0.3 is 0 Å². The van der Waals surface area contributed by atoms with Gasteiger partial charge in [0.1, 0.15) is 12.2 Å². The second-order valence-corrected chi connectivity index (χ2v) is 11.3. The van der Waals surface area contributed by atoms with Gasteiger partial charge in [0.05, 0.1) is 110 Å². The van der Waals surface area contributed by atoms with E-state index in [1.54, 1.807) is 4.90 Å². The molecule has 0 rings (SSSR count). The monoisotopic (exact) mass is 705 g/mol. The van der Waals surface area contributed by atoms with Crippen LogP contribution in [0, 0.1) is 0 Å². The van der Waals surface area contributed by atoms with Crippen LogP contribution in [0.3, 0.4) is 0 Å². The van der Waals surface area contributed by atoms with Crippen LogP contribution in [0.25, 0.3) is 0 Å². The van der Waals surface area contributed by atoms with E-state index in [1.165, 1.54) is 4.90 Å². The molecule has 0 aromatic heterocycles. The molecule has 9 N–H and O–H groups in total. The van der Waals surface area contributed by atoms with E-state index in [1.807, 2.05) is 14.1 Å². The third kappa shape index (κ3) is 26.7. The van der Waals surface area contributed by atoms with Crippen molar-refractivity contribution in [1.29, 1.82) is 0 Å². The molecule has 0 aromatic carbocycles. The van der Waals surface area contributed by atoms with E-state index in [9.17, 15) is 35.4 Å². The first kappa shape index (κ1) is 46.8. The minimum absolute atomic E-state index is 0.0452. The SMILES string of the molecule is CN(C)CC(=O)NCCOCCOCCOCCOCCOCCOCCN(CC(O)C(O)C(O)CCO)CC(O)C(O)C(O)CCO. The van der Waals surface area contributed by atoms with Crippen LogP contribution in [0.5, 0.6) is 0 Å². The van der Waals surface area contributed by atoms with Gasteiger partial charge in [-0.15, -0.1) is 0 Å². The van der Waals surface area contributed by atoms with E-state index in [0.29, 0.717) is 72.6 Å². The molecule has 288 valence electrons. The number of aliphatic hydroxyl groups is 8. The minimum atomic E-state index is -1.55. The Hall–Kier alpha value is -1.17. The third-order valence-corrected chi connectivity index (χ3v) is 6.76. The van der Waals surface area contributed by atoms with E-state index < -0.39 is 36.6 Å². The summed E-state index contributed by atoms with van der Waals surface area (Å²) in [6.07, 6.45) is -8.96. The lowest BCUT2D eigenvalue weighted by molar-refractivity contribution is -0.121. The summed E-state index contributed by atoms with van der Waals surface area (Å²) in [6.45, 7) is 4.13. The summed E-state index contributed by atoms with van der Waals surface area (Å²) >= 11 is 0. The zero-order valence-electron chi connectivity index (χ0n) is 28.6. The second-order valence-electron chi connectivity index (χ2n) is 11.3. The standard InChI is InChI=1S/C30H63N3O15/c1-32(2)23-28(40)31-5-9-43-11-13-45-15-17-47-19-20-48-18-16-46-14-12-44-10-6-33(21-26(38)29(41)24(36)3-7-34)22-27(39)30(42)25(37)4-8-35/h24-27,29-30,34-39,41-42H,3-23H2,1-2H3,(H,31,40). The Balaban J connectivity index is 3.94. The Bertz CT molecular complexity index is 705. The fourth-order valence-electron chi connectivity index (χ4n) is 4.12. The van der Waals surface area contributed by atoms with Crippen molar-refractivity contribution in [2.75, 3.05) is 139 Å². The quantitative estimate of drug-likeness (QED) is 0.0280. The van der Waals surface area contributed by atoms with Crippen LogP contribution >= 0.6 is 0 Å². The highest BCUT2D eigenvalue weighted by Gasteiger charge is 2.30. The van der Waals surface area contributed by atoms with E-state index >= 15 is 0 Å². The Morgan fingerprint density at radius 1 is 0.562 bits per heavy atom. The van der Waals surface area contributed by atoms with E-state index in [-0.39, 0.29) is 71.4 Å². The summed E-state index contributed by atoms with van der Waals surface area (Å²) in [7, 11) is 3.66. The van der Waals surface area contributed by atoms with E-state index in [4.69, 9.17) is 38.6 Å². The minimum Gasteiger partial charge on any atom is -0.396 e. The van der Waals surface area contributed by atoms with E-state index in [0.717, 1.165) is 0 Å². The zero-order chi connectivity index (χ0) is 36.0. The maximum atomic E-state index is 11.5. The summed E-state index contributed by atoms with van der Waals surface area (Å²) in [4.78, 5) is 14.8. The van der Waals surface area contributed by atoms with Gasteiger partial charge in [0.2, 0.25) is 5.91 Å². The fraction of sp³-hybridized carbons (Fsp3) is 0.967. The van der Waals surface area contributed by atoms with Gasteiger partial charge in [0.25, 0.3) is 0 Å². The predicted molar refractivity (Wildman–Crippen MR) is 172 cm³/mol. The number of ether oxygens (including phenoxy) is 6. The van der Waals surface area contributed by atoms with Crippen LogP contribution in [0.15, 0.2) is 0 Å².